The van der Waals surface area contributed by atoms with Gasteiger partial charge in [0.2, 0.25) is 0 Å². The molecule has 0 N–H and O–H groups in total. The van der Waals surface area contributed by atoms with Gasteiger partial charge in [-0.15, -0.1) is 0 Å². The largest absolute Gasteiger partial charge is 0.465 e. The Bertz CT molecular complexity index is 1320. The predicted molar refractivity (Wildman–Crippen MR) is 131 cm³/mol. The molecule has 0 radical (unpaired) electrons. The molecule has 4 rings (SSSR count). The second-order valence-corrected chi connectivity index (χ2v) is 8.49. The topological polar surface area (TPSA) is 51.5 Å². The van der Waals surface area contributed by atoms with Crippen molar-refractivity contribution in [2.45, 2.75) is 34.6 Å². The van der Waals surface area contributed by atoms with Crippen LogP contribution in [0.4, 0.5) is 5.69 Å². The van der Waals surface area contributed by atoms with Crippen molar-refractivity contribution in [1.29, 1.82) is 0 Å². The molecule has 3 aromatic rings. The normalized spacial score (nSPS) is 15.0. The number of amides is 1. The maximum absolute atomic E-state index is 13.6. The standard InChI is InChI=1S/C28H28N2O3/c1-17-10-12-23(13-11-17)29-19(3)15-22(20(29)4)16-25-26(28(32)33-6)21(5)30(27(25)31)24-9-7-8-18(2)14-24/h7-16H,1-6H3/b25-16-. The van der Waals surface area contributed by atoms with E-state index in [2.05, 4.69) is 35.8 Å². The minimum Gasteiger partial charge on any atom is -0.465 e. The van der Waals surface area contributed by atoms with E-state index in [0.717, 1.165) is 33.9 Å². The third-order valence-corrected chi connectivity index (χ3v) is 6.11. The Morgan fingerprint density at radius 1 is 0.879 bits per heavy atom. The van der Waals surface area contributed by atoms with E-state index < -0.39 is 5.97 Å². The van der Waals surface area contributed by atoms with Crippen LogP contribution in [0.3, 0.4) is 0 Å². The lowest BCUT2D eigenvalue weighted by atomic mass is 10.0. The van der Waals surface area contributed by atoms with Gasteiger partial charge in [0.25, 0.3) is 5.91 Å². The molecule has 0 spiro atoms. The van der Waals surface area contributed by atoms with E-state index in [9.17, 15) is 9.59 Å². The van der Waals surface area contributed by atoms with Crippen LogP contribution in [0.5, 0.6) is 0 Å². The van der Waals surface area contributed by atoms with Crippen LogP contribution in [0.2, 0.25) is 0 Å². The number of esters is 1. The minimum atomic E-state index is -0.519. The van der Waals surface area contributed by atoms with Crippen LogP contribution >= 0.6 is 0 Å². The number of carbonyl (C=O) groups is 2. The first-order valence-electron chi connectivity index (χ1n) is 10.9. The quantitative estimate of drug-likeness (QED) is 0.393. The highest BCUT2D eigenvalue weighted by atomic mass is 16.5. The molecule has 1 aromatic heterocycles. The fourth-order valence-corrected chi connectivity index (χ4v) is 4.44. The molecule has 0 saturated carbocycles. The van der Waals surface area contributed by atoms with Gasteiger partial charge in [-0.2, -0.15) is 0 Å². The van der Waals surface area contributed by atoms with Gasteiger partial charge in [-0.25, -0.2) is 4.79 Å². The van der Waals surface area contributed by atoms with Crippen LogP contribution in [0.15, 0.2) is 71.4 Å². The molecule has 1 amide bonds. The lowest BCUT2D eigenvalue weighted by Crippen LogP contribution is -2.24. The van der Waals surface area contributed by atoms with Crippen molar-refractivity contribution in [2.24, 2.45) is 0 Å². The number of nitrogens with zero attached hydrogens (tertiary/aromatic N) is 2. The van der Waals surface area contributed by atoms with Gasteiger partial charge in [-0.1, -0.05) is 29.8 Å². The summed E-state index contributed by atoms with van der Waals surface area (Å²) >= 11 is 0. The fraction of sp³-hybridized carbons (Fsp3) is 0.214. The summed E-state index contributed by atoms with van der Waals surface area (Å²) in [6.07, 6.45) is 1.81. The van der Waals surface area contributed by atoms with Crippen LogP contribution in [0, 0.1) is 27.7 Å². The summed E-state index contributed by atoms with van der Waals surface area (Å²) in [4.78, 5) is 27.9. The maximum Gasteiger partial charge on any atom is 0.340 e. The average molecular weight is 441 g/mol. The molecule has 0 atom stereocenters. The lowest BCUT2D eigenvalue weighted by Gasteiger charge is -2.18. The number of hydrogen-bond acceptors (Lipinski definition) is 3. The molecule has 1 aliphatic heterocycles. The van der Waals surface area contributed by atoms with Crippen molar-refractivity contribution in [3.63, 3.8) is 0 Å². The highest BCUT2D eigenvalue weighted by molar-refractivity contribution is 6.23. The van der Waals surface area contributed by atoms with Crippen LogP contribution < -0.4 is 4.90 Å². The number of aromatic nitrogens is 1. The third-order valence-electron chi connectivity index (χ3n) is 6.11. The van der Waals surface area contributed by atoms with E-state index in [0.29, 0.717) is 16.8 Å². The van der Waals surface area contributed by atoms with Gasteiger partial charge in [0.1, 0.15) is 0 Å². The molecule has 0 aliphatic carbocycles. The zero-order chi connectivity index (χ0) is 23.9. The summed E-state index contributed by atoms with van der Waals surface area (Å²) in [5.41, 5.74) is 8.14. The highest BCUT2D eigenvalue weighted by Gasteiger charge is 2.38. The van der Waals surface area contributed by atoms with Gasteiger partial charge in [-0.3, -0.25) is 9.69 Å². The molecule has 0 bridgehead atoms. The van der Waals surface area contributed by atoms with E-state index in [-0.39, 0.29) is 5.91 Å². The molecule has 0 unspecified atom stereocenters. The van der Waals surface area contributed by atoms with Crippen molar-refractivity contribution >= 4 is 23.6 Å². The van der Waals surface area contributed by atoms with Gasteiger partial charge in [0, 0.05) is 28.5 Å². The molecule has 2 heterocycles. The molecule has 0 saturated heterocycles. The summed E-state index contributed by atoms with van der Waals surface area (Å²) in [6, 6.07) is 18.0. The number of hydrogen-bond donors (Lipinski definition) is 0. The van der Waals surface area contributed by atoms with E-state index in [4.69, 9.17) is 4.74 Å². The summed E-state index contributed by atoms with van der Waals surface area (Å²) in [5, 5.41) is 0. The van der Waals surface area contributed by atoms with Crippen LogP contribution in [0.1, 0.15) is 35.0 Å². The van der Waals surface area contributed by atoms with Gasteiger partial charge in [-0.05, 0) is 82.2 Å². The number of anilines is 1. The SMILES string of the molecule is COC(=O)C1=C(C)N(c2cccc(C)c2)C(=O)/C1=C\c1cc(C)n(-c2ccc(C)cc2)c1C. The Kier molecular flexibility index (Phi) is 5.81. The Hall–Kier alpha value is -3.86. The average Bonchev–Trinajstić information content (AvgIpc) is 3.20. The summed E-state index contributed by atoms with van der Waals surface area (Å²) in [6.45, 7) is 9.87. The molecule has 2 aromatic carbocycles. The minimum absolute atomic E-state index is 0.237. The first-order chi connectivity index (χ1) is 15.7. The van der Waals surface area contributed by atoms with E-state index in [1.165, 1.54) is 12.7 Å². The van der Waals surface area contributed by atoms with Crippen LogP contribution in [0.25, 0.3) is 11.8 Å². The first kappa shape index (κ1) is 22.3. The summed E-state index contributed by atoms with van der Waals surface area (Å²) in [5.74, 6) is -0.756. The Morgan fingerprint density at radius 2 is 1.58 bits per heavy atom. The highest BCUT2D eigenvalue weighted by Crippen LogP contribution is 2.36. The smallest absolute Gasteiger partial charge is 0.340 e. The van der Waals surface area contributed by atoms with Gasteiger partial charge >= 0.3 is 5.97 Å². The van der Waals surface area contributed by atoms with Crippen molar-refractivity contribution in [1.82, 2.24) is 4.57 Å². The summed E-state index contributed by atoms with van der Waals surface area (Å²) in [7, 11) is 1.34. The van der Waals surface area contributed by atoms with Gasteiger partial charge in [0.05, 0.1) is 18.3 Å². The van der Waals surface area contributed by atoms with E-state index in [1.807, 2.05) is 51.1 Å². The van der Waals surface area contributed by atoms with Gasteiger partial charge in [0.15, 0.2) is 0 Å². The molecular formula is C28H28N2O3. The van der Waals surface area contributed by atoms with Crippen LogP contribution in [-0.2, 0) is 14.3 Å². The number of carbonyl (C=O) groups excluding carboxylic acids is 2. The molecule has 33 heavy (non-hydrogen) atoms. The molecular weight excluding hydrogens is 412 g/mol. The lowest BCUT2D eigenvalue weighted by molar-refractivity contribution is -0.136. The van der Waals surface area contributed by atoms with E-state index in [1.54, 1.807) is 17.9 Å². The third kappa shape index (κ3) is 3.91. The molecule has 5 heteroatoms. The number of aryl methyl sites for hydroxylation is 3. The fourth-order valence-electron chi connectivity index (χ4n) is 4.44. The second-order valence-electron chi connectivity index (χ2n) is 8.49. The zero-order valence-electron chi connectivity index (χ0n) is 19.9. The first-order valence-corrected chi connectivity index (χ1v) is 10.9. The van der Waals surface area contributed by atoms with Crippen LogP contribution in [-0.4, -0.2) is 23.6 Å². The van der Waals surface area contributed by atoms with E-state index >= 15 is 0 Å². The number of ether oxygens (including phenoxy) is 1. The Morgan fingerprint density at radius 3 is 2.21 bits per heavy atom. The Labute approximate surface area is 194 Å². The van der Waals surface area contributed by atoms with Crippen molar-refractivity contribution in [3.8, 4) is 5.69 Å². The number of benzene rings is 2. The van der Waals surface area contributed by atoms with Crippen molar-refractivity contribution < 1.29 is 14.3 Å². The summed E-state index contributed by atoms with van der Waals surface area (Å²) < 4.78 is 7.20. The predicted octanol–water partition coefficient (Wildman–Crippen LogP) is 5.59. The molecule has 5 nitrogen and oxygen atoms in total. The molecule has 168 valence electrons. The molecule has 0 fully saturated rings. The van der Waals surface area contributed by atoms with Crippen molar-refractivity contribution in [2.75, 3.05) is 12.0 Å². The number of methoxy groups -OCH3 is 1. The van der Waals surface area contributed by atoms with Crippen molar-refractivity contribution in [3.05, 3.63) is 99.5 Å². The maximum atomic E-state index is 13.6. The molecule has 1 aliphatic rings. The number of allylic oxidation sites excluding steroid dienone is 1. The Balaban J connectivity index is 1.85. The monoisotopic (exact) mass is 440 g/mol. The second kappa shape index (κ2) is 8.58. The zero-order valence-corrected chi connectivity index (χ0v) is 19.9. The number of rotatable bonds is 4. The van der Waals surface area contributed by atoms with Gasteiger partial charge < -0.3 is 9.30 Å².